The van der Waals surface area contributed by atoms with Gasteiger partial charge in [0, 0.05) is 18.1 Å². The number of nitrogens with zero attached hydrogens (tertiary/aromatic N) is 1. The molecule has 254 valence electrons. The second-order valence-electron chi connectivity index (χ2n) is 12.4. The van der Waals surface area contributed by atoms with Crippen LogP contribution in [0.2, 0.25) is 0 Å². The van der Waals surface area contributed by atoms with E-state index in [1.807, 2.05) is 26.0 Å². The number of aliphatic imine (C=N–C) groups is 1. The molecule has 0 spiro atoms. The van der Waals surface area contributed by atoms with Crippen molar-refractivity contribution in [2.45, 2.75) is 113 Å². The van der Waals surface area contributed by atoms with Crippen molar-refractivity contribution in [3.63, 3.8) is 0 Å². The fraction of sp³-hybridized carbons (Fsp3) is 0.559. The van der Waals surface area contributed by atoms with Gasteiger partial charge in [0.25, 0.3) is 5.91 Å². The number of rotatable bonds is 10. The summed E-state index contributed by atoms with van der Waals surface area (Å²) in [5, 5.41) is 0. The number of aryl methyl sites for hydroxylation is 2. The molecule has 1 amide bonds. The highest BCUT2D eigenvalue weighted by atomic mass is 32.2. The number of ether oxygens (including phenoxy) is 1. The number of hydrogen-bond acceptors (Lipinski definition) is 7. The Kier molecular flexibility index (Phi) is 13.0. The number of guanidine groups is 1. The van der Waals surface area contributed by atoms with Crippen LogP contribution in [-0.2, 0) is 37.3 Å². The third-order valence-corrected chi connectivity index (χ3v) is 11.1. The predicted molar refractivity (Wildman–Crippen MR) is 181 cm³/mol. The van der Waals surface area contributed by atoms with Crippen LogP contribution in [0.4, 0.5) is 0 Å². The third kappa shape index (κ3) is 9.40. The molecule has 4 N–H and O–H groups in total. The summed E-state index contributed by atoms with van der Waals surface area (Å²) in [6.07, 6.45) is 14.0. The van der Waals surface area contributed by atoms with Crippen LogP contribution in [0.15, 0.2) is 39.0 Å². The number of nitrogens with two attached hydrogens (primary N) is 2. The molecule has 2 fully saturated rings. The van der Waals surface area contributed by atoms with E-state index in [0.717, 1.165) is 92.9 Å². The second kappa shape index (κ2) is 16.0. The highest BCUT2D eigenvalue weighted by Gasteiger charge is 2.28. The standard InChI is InChI=1S/C17H25N3O3S.C17H24O4S/c1-3-6-12-9-13(11-7-4-5-8-11)15(24(2,22)23)10-14(12)16(21)20-17(18)19;1-4-7-13-10-14(12-8-5-6-9-12)16(22(3,19)20)11-15(13)17(18)21-2/h9-11H,3-8H2,1-2H3,(H4,18,19,20,21);10-12H,4-9H2,1-3H3. The molecule has 2 aliphatic rings. The summed E-state index contributed by atoms with van der Waals surface area (Å²) in [7, 11) is -5.50. The minimum atomic E-state index is -3.45. The lowest BCUT2D eigenvalue weighted by Gasteiger charge is -2.18. The molecule has 2 saturated carbocycles. The number of amides is 1. The van der Waals surface area contributed by atoms with Gasteiger partial charge in [-0.05, 0) is 84.7 Å². The third-order valence-electron chi connectivity index (χ3n) is 8.77. The highest BCUT2D eigenvalue weighted by Crippen LogP contribution is 2.40. The maximum Gasteiger partial charge on any atom is 0.338 e. The molecule has 0 atom stereocenters. The molecular formula is C34H49N3O7S2. The van der Waals surface area contributed by atoms with Crippen molar-refractivity contribution in [2.24, 2.45) is 16.5 Å². The van der Waals surface area contributed by atoms with Gasteiger partial charge < -0.3 is 16.2 Å². The Hall–Kier alpha value is -3.25. The first-order valence-electron chi connectivity index (χ1n) is 16.1. The monoisotopic (exact) mass is 675 g/mol. The van der Waals surface area contributed by atoms with Gasteiger partial charge in [0.2, 0.25) is 0 Å². The molecule has 0 heterocycles. The van der Waals surface area contributed by atoms with Crippen LogP contribution in [0.5, 0.6) is 0 Å². The van der Waals surface area contributed by atoms with Crippen LogP contribution in [0, 0.1) is 0 Å². The zero-order chi connectivity index (χ0) is 34.2. The fourth-order valence-electron chi connectivity index (χ4n) is 6.67. The number of carbonyl (C=O) groups is 2. The Morgan fingerprint density at radius 1 is 0.739 bits per heavy atom. The van der Waals surface area contributed by atoms with E-state index in [9.17, 15) is 26.4 Å². The lowest BCUT2D eigenvalue weighted by Crippen LogP contribution is -2.24. The van der Waals surface area contributed by atoms with Gasteiger partial charge in [-0.3, -0.25) is 4.79 Å². The molecule has 4 rings (SSSR count). The Morgan fingerprint density at radius 3 is 1.48 bits per heavy atom. The lowest BCUT2D eigenvalue weighted by atomic mass is 9.92. The van der Waals surface area contributed by atoms with Gasteiger partial charge in [0.15, 0.2) is 25.6 Å². The zero-order valence-corrected chi connectivity index (χ0v) is 29.4. The van der Waals surface area contributed by atoms with Crippen LogP contribution in [-0.4, -0.2) is 54.3 Å². The molecule has 0 radical (unpaired) electrons. The molecular weight excluding hydrogens is 627 g/mol. The molecule has 46 heavy (non-hydrogen) atoms. The van der Waals surface area contributed by atoms with E-state index in [2.05, 4.69) is 4.99 Å². The molecule has 12 heteroatoms. The maximum atomic E-state index is 12.3. The van der Waals surface area contributed by atoms with Gasteiger partial charge in [0.05, 0.1) is 22.5 Å². The number of benzene rings is 2. The van der Waals surface area contributed by atoms with E-state index >= 15 is 0 Å². The summed E-state index contributed by atoms with van der Waals surface area (Å²) < 4.78 is 53.8. The van der Waals surface area contributed by atoms with E-state index in [0.29, 0.717) is 16.9 Å². The lowest BCUT2D eigenvalue weighted by molar-refractivity contribution is 0.0599. The topological polar surface area (TPSA) is 176 Å². The summed E-state index contributed by atoms with van der Waals surface area (Å²) in [5.41, 5.74) is 14.7. The molecule has 2 aromatic carbocycles. The Labute approximate surface area is 274 Å². The fourth-order valence-corrected chi connectivity index (χ4v) is 8.64. The first-order valence-corrected chi connectivity index (χ1v) is 19.9. The van der Waals surface area contributed by atoms with Crippen LogP contribution in [0.1, 0.15) is 133 Å². The molecule has 0 bridgehead atoms. The average Bonchev–Trinajstić information content (AvgIpc) is 3.71. The van der Waals surface area contributed by atoms with Crippen molar-refractivity contribution in [1.82, 2.24) is 0 Å². The molecule has 2 aliphatic carbocycles. The molecule has 0 saturated heterocycles. The normalized spacial score (nSPS) is 15.7. The van der Waals surface area contributed by atoms with E-state index in [-0.39, 0.29) is 28.3 Å². The Morgan fingerprint density at radius 2 is 1.13 bits per heavy atom. The Bertz CT molecular complexity index is 1670. The van der Waals surface area contributed by atoms with Gasteiger partial charge in [-0.15, -0.1) is 0 Å². The van der Waals surface area contributed by atoms with Crippen molar-refractivity contribution in [3.05, 3.63) is 57.6 Å². The maximum absolute atomic E-state index is 12.3. The summed E-state index contributed by atoms with van der Waals surface area (Å²) in [5.74, 6) is -0.875. The minimum absolute atomic E-state index is 0.225. The van der Waals surface area contributed by atoms with Crippen molar-refractivity contribution >= 4 is 37.5 Å². The van der Waals surface area contributed by atoms with Gasteiger partial charge in [-0.1, -0.05) is 64.5 Å². The summed E-state index contributed by atoms with van der Waals surface area (Å²) >= 11 is 0. The van der Waals surface area contributed by atoms with Crippen LogP contribution >= 0.6 is 0 Å². The Balaban J connectivity index is 0.000000251. The van der Waals surface area contributed by atoms with E-state index < -0.39 is 31.6 Å². The van der Waals surface area contributed by atoms with Gasteiger partial charge in [-0.25, -0.2) is 21.6 Å². The average molecular weight is 676 g/mol. The van der Waals surface area contributed by atoms with Crippen molar-refractivity contribution < 1.29 is 31.2 Å². The second-order valence-corrected chi connectivity index (χ2v) is 16.4. The smallest absolute Gasteiger partial charge is 0.338 e. The molecule has 0 unspecified atom stereocenters. The largest absolute Gasteiger partial charge is 0.465 e. The highest BCUT2D eigenvalue weighted by molar-refractivity contribution is 7.91. The van der Waals surface area contributed by atoms with Crippen molar-refractivity contribution in [1.29, 1.82) is 0 Å². The number of sulfone groups is 2. The first kappa shape index (κ1) is 37.2. The van der Waals surface area contributed by atoms with E-state index in [1.165, 1.54) is 31.8 Å². The van der Waals surface area contributed by atoms with Crippen molar-refractivity contribution in [2.75, 3.05) is 19.6 Å². The van der Waals surface area contributed by atoms with Crippen LogP contribution in [0.3, 0.4) is 0 Å². The number of hydrogen-bond donors (Lipinski definition) is 2. The zero-order valence-electron chi connectivity index (χ0n) is 27.7. The SMILES string of the molecule is CCCc1cc(C2CCCC2)c(S(C)(=O)=O)cc1C(=O)N=C(N)N.CCCc1cc(C2CCCC2)c(S(C)(=O)=O)cc1C(=O)OC. The quantitative estimate of drug-likeness (QED) is 0.184. The summed E-state index contributed by atoms with van der Waals surface area (Å²) in [6, 6.07) is 6.80. The van der Waals surface area contributed by atoms with E-state index in [4.69, 9.17) is 16.2 Å². The number of carbonyl (C=O) groups excluding carboxylic acids is 2. The summed E-state index contributed by atoms with van der Waals surface area (Å²) in [4.78, 5) is 28.4. The van der Waals surface area contributed by atoms with Gasteiger partial charge in [0.1, 0.15) is 0 Å². The molecule has 0 aromatic heterocycles. The van der Waals surface area contributed by atoms with Crippen molar-refractivity contribution in [3.8, 4) is 0 Å². The minimum Gasteiger partial charge on any atom is -0.465 e. The molecule has 2 aromatic rings. The number of esters is 1. The van der Waals surface area contributed by atoms with E-state index in [1.54, 1.807) is 0 Å². The summed E-state index contributed by atoms with van der Waals surface area (Å²) in [6.45, 7) is 4.05. The first-order chi connectivity index (χ1) is 21.6. The van der Waals surface area contributed by atoms with Crippen LogP contribution in [0.25, 0.3) is 0 Å². The molecule has 0 aliphatic heterocycles. The van der Waals surface area contributed by atoms with Gasteiger partial charge in [-0.2, -0.15) is 4.99 Å². The van der Waals surface area contributed by atoms with Gasteiger partial charge >= 0.3 is 5.97 Å². The van der Waals surface area contributed by atoms with Crippen LogP contribution < -0.4 is 11.5 Å². The predicted octanol–water partition coefficient (Wildman–Crippen LogP) is 5.60. The number of methoxy groups -OCH3 is 1. The molecule has 10 nitrogen and oxygen atoms in total.